The van der Waals surface area contributed by atoms with E-state index in [9.17, 15) is 4.79 Å². The van der Waals surface area contributed by atoms with Gasteiger partial charge < -0.3 is 15.1 Å². The van der Waals surface area contributed by atoms with Gasteiger partial charge in [-0.25, -0.2) is 0 Å². The van der Waals surface area contributed by atoms with Crippen LogP contribution in [-0.4, -0.2) is 55.5 Å². The van der Waals surface area contributed by atoms with Crippen LogP contribution in [0.3, 0.4) is 0 Å². The largest absolute Gasteiger partial charge is 0.339 e. The summed E-state index contributed by atoms with van der Waals surface area (Å²) in [6, 6.07) is 4.51. The smallest absolute Gasteiger partial charge is 0.236 e. The lowest BCUT2D eigenvalue weighted by molar-refractivity contribution is -0.131. The second-order valence-electron chi connectivity index (χ2n) is 5.24. The Labute approximate surface area is 119 Å². The Morgan fingerprint density at radius 2 is 2.05 bits per heavy atom. The summed E-state index contributed by atoms with van der Waals surface area (Å²) in [7, 11) is 2.10. The Kier molecular flexibility index (Phi) is 4.96. The number of likely N-dealkylation sites (N-methyl/N-ethyl adjacent to an activating group) is 1. The summed E-state index contributed by atoms with van der Waals surface area (Å²) in [5, 5.41) is 3.33. The van der Waals surface area contributed by atoms with Crippen molar-refractivity contribution in [3.05, 3.63) is 21.9 Å². The number of carbonyl (C=O) groups excluding carboxylic acids is 1. The quantitative estimate of drug-likeness (QED) is 0.908. The number of nitrogens with one attached hydrogen (secondary N) is 1. The maximum Gasteiger partial charge on any atom is 0.236 e. The van der Waals surface area contributed by atoms with Crippen molar-refractivity contribution in [2.45, 2.75) is 19.9 Å². The van der Waals surface area contributed by atoms with Crippen LogP contribution in [0.25, 0.3) is 0 Å². The molecule has 0 saturated carbocycles. The molecule has 5 heteroatoms. The van der Waals surface area contributed by atoms with Gasteiger partial charge in [-0.05, 0) is 33.0 Å². The minimum absolute atomic E-state index is 0.216. The van der Waals surface area contributed by atoms with Crippen LogP contribution in [0.15, 0.2) is 12.1 Å². The van der Waals surface area contributed by atoms with E-state index >= 15 is 0 Å². The highest BCUT2D eigenvalue weighted by molar-refractivity contribution is 7.12. The Bertz CT molecular complexity index is 424. The van der Waals surface area contributed by atoms with Crippen LogP contribution in [0.1, 0.15) is 22.7 Å². The molecular formula is C14H23N3OS. The van der Waals surface area contributed by atoms with E-state index in [-0.39, 0.29) is 11.9 Å². The van der Waals surface area contributed by atoms with Gasteiger partial charge in [0, 0.05) is 42.0 Å². The first-order chi connectivity index (χ1) is 9.06. The first-order valence-electron chi connectivity index (χ1n) is 6.82. The summed E-state index contributed by atoms with van der Waals surface area (Å²) in [4.78, 5) is 18.9. The van der Waals surface area contributed by atoms with E-state index in [1.807, 2.05) is 4.90 Å². The first kappa shape index (κ1) is 14.5. The van der Waals surface area contributed by atoms with E-state index in [2.05, 4.69) is 43.2 Å². The fourth-order valence-electron chi connectivity index (χ4n) is 2.19. The topological polar surface area (TPSA) is 35.6 Å². The number of amides is 1. The molecule has 1 N–H and O–H groups in total. The highest BCUT2D eigenvalue weighted by Crippen LogP contribution is 2.21. The second kappa shape index (κ2) is 6.50. The second-order valence-corrected chi connectivity index (χ2v) is 6.55. The molecule has 1 saturated heterocycles. The number of nitrogens with zero attached hydrogens (tertiary/aromatic N) is 2. The van der Waals surface area contributed by atoms with Gasteiger partial charge >= 0.3 is 0 Å². The third-order valence-electron chi connectivity index (χ3n) is 3.60. The van der Waals surface area contributed by atoms with E-state index < -0.39 is 0 Å². The molecule has 0 radical (unpaired) electrons. The Morgan fingerprint density at radius 1 is 1.37 bits per heavy atom. The van der Waals surface area contributed by atoms with Crippen LogP contribution in [0.2, 0.25) is 0 Å². The van der Waals surface area contributed by atoms with Gasteiger partial charge in [0.15, 0.2) is 0 Å². The minimum Gasteiger partial charge on any atom is -0.339 e. The summed E-state index contributed by atoms with van der Waals surface area (Å²) >= 11 is 1.79. The van der Waals surface area contributed by atoms with Gasteiger partial charge in [-0.2, -0.15) is 0 Å². The fourth-order valence-corrected chi connectivity index (χ4v) is 3.10. The molecule has 0 aliphatic carbocycles. The molecule has 0 bridgehead atoms. The van der Waals surface area contributed by atoms with Crippen molar-refractivity contribution in [2.75, 3.05) is 39.8 Å². The average Bonchev–Trinajstić information content (AvgIpc) is 2.83. The Balaban J connectivity index is 1.77. The molecule has 1 aromatic rings. The predicted octanol–water partition coefficient (Wildman–Crippen LogP) is 1.48. The maximum absolute atomic E-state index is 12.1. The van der Waals surface area contributed by atoms with Gasteiger partial charge in [0.1, 0.15) is 0 Å². The fraction of sp³-hybridized carbons (Fsp3) is 0.643. The average molecular weight is 281 g/mol. The monoisotopic (exact) mass is 281 g/mol. The van der Waals surface area contributed by atoms with Crippen molar-refractivity contribution in [3.8, 4) is 0 Å². The minimum atomic E-state index is 0.216. The highest BCUT2D eigenvalue weighted by Gasteiger charge is 2.19. The molecule has 1 aromatic heterocycles. The van der Waals surface area contributed by atoms with Gasteiger partial charge in [0.2, 0.25) is 5.91 Å². The van der Waals surface area contributed by atoms with Gasteiger partial charge in [-0.1, -0.05) is 0 Å². The van der Waals surface area contributed by atoms with Crippen molar-refractivity contribution >= 4 is 17.2 Å². The lowest BCUT2D eigenvalue weighted by atomic mass is 10.2. The van der Waals surface area contributed by atoms with E-state index in [4.69, 9.17) is 0 Å². The van der Waals surface area contributed by atoms with Gasteiger partial charge in [-0.15, -0.1) is 11.3 Å². The third-order valence-corrected chi connectivity index (χ3v) is 4.79. The number of hydrogen-bond acceptors (Lipinski definition) is 4. The van der Waals surface area contributed by atoms with Gasteiger partial charge in [-0.3, -0.25) is 4.79 Å². The SMILES string of the molecule is Cc1ccc(C(C)NCC(=O)N2CCN(C)CC2)s1. The zero-order chi connectivity index (χ0) is 13.8. The van der Waals surface area contributed by atoms with E-state index in [0.29, 0.717) is 6.54 Å². The van der Waals surface area contributed by atoms with Crippen molar-refractivity contribution in [2.24, 2.45) is 0 Å². The van der Waals surface area contributed by atoms with Crippen LogP contribution in [0, 0.1) is 6.92 Å². The predicted molar refractivity (Wildman–Crippen MR) is 79.6 cm³/mol. The summed E-state index contributed by atoms with van der Waals surface area (Å²) in [6.07, 6.45) is 0. The zero-order valence-electron chi connectivity index (χ0n) is 12.0. The molecule has 1 unspecified atom stereocenters. The number of aryl methyl sites for hydroxylation is 1. The summed E-state index contributed by atoms with van der Waals surface area (Å²) in [5.41, 5.74) is 0. The molecule has 4 nitrogen and oxygen atoms in total. The van der Waals surface area contributed by atoms with Crippen molar-refractivity contribution < 1.29 is 4.79 Å². The van der Waals surface area contributed by atoms with Crippen molar-refractivity contribution in [1.82, 2.24) is 15.1 Å². The summed E-state index contributed by atoms with van der Waals surface area (Å²) < 4.78 is 0. The number of thiophene rings is 1. The maximum atomic E-state index is 12.1. The van der Waals surface area contributed by atoms with Crippen LogP contribution in [0.5, 0.6) is 0 Å². The molecule has 2 rings (SSSR count). The molecular weight excluding hydrogens is 258 g/mol. The van der Waals surface area contributed by atoms with Crippen molar-refractivity contribution in [1.29, 1.82) is 0 Å². The van der Waals surface area contributed by atoms with Crippen molar-refractivity contribution in [3.63, 3.8) is 0 Å². The number of rotatable bonds is 4. The summed E-state index contributed by atoms with van der Waals surface area (Å²) in [5.74, 6) is 0.216. The lowest BCUT2D eigenvalue weighted by Gasteiger charge is -2.32. The molecule has 0 aromatic carbocycles. The Hall–Kier alpha value is -0.910. The van der Waals surface area contributed by atoms with Gasteiger partial charge in [0.05, 0.1) is 6.54 Å². The van der Waals surface area contributed by atoms with Crippen LogP contribution < -0.4 is 5.32 Å². The molecule has 1 amide bonds. The number of hydrogen-bond donors (Lipinski definition) is 1. The number of carbonyl (C=O) groups is 1. The summed E-state index contributed by atoms with van der Waals surface area (Å²) in [6.45, 7) is 8.31. The molecule has 1 aliphatic heterocycles. The van der Waals surface area contributed by atoms with E-state index in [1.54, 1.807) is 11.3 Å². The molecule has 0 spiro atoms. The normalized spacial score (nSPS) is 18.6. The van der Waals surface area contributed by atoms with Crippen LogP contribution in [-0.2, 0) is 4.79 Å². The third kappa shape index (κ3) is 4.03. The molecule has 106 valence electrons. The number of piperazine rings is 1. The molecule has 1 fully saturated rings. The standard InChI is InChI=1S/C14H23N3OS/c1-11-4-5-13(19-11)12(2)15-10-14(18)17-8-6-16(3)7-9-17/h4-5,12,15H,6-10H2,1-3H3. The highest BCUT2D eigenvalue weighted by atomic mass is 32.1. The van der Waals surface area contributed by atoms with E-state index in [0.717, 1.165) is 26.2 Å². The van der Waals surface area contributed by atoms with Crippen LogP contribution >= 0.6 is 11.3 Å². The zero-order valence-corrected chi connectivity index (χ0v) is 12.8. The van der Waals surface area contributed by atoms with Gasteiger partial charge in [0.25, 0.3) is 0 Å². The molecule has 2 heterocycles. The lowest BCUT2D eigenvalue weighted by Crippen LogP contribution is -2.49. The van der Waals surface area contributed by atoms with E-state index in [1.165, 1.54) is 9.75 Å². The first-order valence-corrected chi connectivity index (χ1v) is 7.64. The molecule has 1 atom stereocenters. The van der Waals surface area contributed by atoms with Crippen LogP contribution in [0.4, 0.5) is 0 Å². The molecule has 19 heavy (non-hydrogen) atoms. The Morgan fingerprint density at radius 3 is 2.63 bits per heavy atom. The molecule has 1 aliphatic rings.